The molecular formula is C11H12ClNO2. The molecule has 2 rings (SSSR count). The smallest absolute Gasteiger partial charge is 0.330 e. The summed E-state index contributed by atoms with van der Waals surface area (Å²) in [5, 5.41) is 0.592. The lowest BCUT2D eigenvalue weighted by Gasteiger charge is -2.21. The Labute approximate surface area is 93.2 Å². The third-order valence-corrected chi connectivity index (χ3v) is 3.13. The molecule has 0 bridgehead atoms. The monoisotopic (exact) mass is 225 g/mol. The number of esters is 1. The topological polar surface area (TPSA) is 52.3 Å². The molecule has 1 unspecified atom stereocenters. The molecule has 1 aliphatic rings. The van der Waals surface area contributed by atoms with E-state index in [0.29, 0.717) is 11.4 Å². The van der Waals surface area contributed by atoms with E-state index in [1.54, 1.807) is 6.07 Å². The summed E-state index contributed by atoms with van der Waals surface area (Å²) in [6.45, 7) is 0. The lowest BCUT2D eigenvalue weighted by molar-refractivity contribution is -0.147. The van der Waals surface area contributed by atoms with Crippen molar-refractivity contribution in [1.29, 1.82) is 0 Å². The van der Waals surface area contributed by atoms with E-state index in [4.69, 9.17) is 22.1 Å². The molecule has 2 N–H and O–H groups in total. The second-order valence-electron chi connectivity index (χ2n) is 3.76. The number of benzene rings is 1. The first kappa shape index (κ1) is 10.5. The van der Waals surface area contributed by atoms with Crippen LogP contribution in [0.1, 0.15) is 17.5 Å². The Bertz CT molecular complexity index is 419. The molecule has 1 aliphatic carbocycles. The quantitative estimate of drug-likeness (QED) is 0.739. The highest BCUT2D eigenvalue weighted by molar-refractivity contribution is 6.30. The molecule has 0 saturated carbocycles. The maximum absolute atomic E-state index is 11.6. The minimum Gasteiger partial charge on any atom is -0.467 e. The Morgan fingerprint density at radius 3 is 3.00 bits per heavy atom. The van der Waals surface area contributed by atoms with Crippen LogP contribution >= 0.6 is 11.6 Å². The second-order valence-corrected chi connectivity index (χ2v) is 4.20. The van der Waals surface area contributed by atoms with E-state index in [9.17, 15) is 4.79 Å². The van der Waals surface area contributed by atoms with Crippen LogP contribution in [0.3, 0.4) is 0 Å². The van der Waals surface area contributed by atoms with Crippen molar-refractivity contribution in [3.05, 3.63) is 34.3 Å². The first-order chi connectivity index (χ1) is 7.08. The van der Waals surface area contributed by atoms with Gasteiger partial charge in [-0.15, -0.1) is 0 Å². The van der Waals surface area contributed by atoms with Gasteiger partial charge in [0.25, 0.3) is 0 Å². The van der Waals surface area contributed by atoms with Crippen LogP contribution in [-0.4, -0.2) is 13.1 Å². The van der Waals surface area contributed by atoms with Crippen molar-refractivity contribution in [3.63, 3.8) is 0 Å². The molecule has 1 aromatic rings. The largest absolute Gasteiger partial charge is 0.467 e. The predicted molar refractivity (Wildman–Crippen MR) is 57.7 cm³/mol. The number of carbonyl (C=O) groups is 1. The minimum atomic E-state index is -1.02. The highest BCUT2D eigenvalue weighted by atomic mass is 35.5. The summed E-state index contributed by atoms with van der Waals surface area (Å²) < 4.78 is 4.73. The molecule has 80 valence electrons. The summed E-state index contributed by atoms with van der Waals surface area (Å²) in [4.78, 5) is 11.6. The summed E-state index contributed by atoms with van der Waals surface area (Å²) in [6.07, 6.45) is 1.37. The molecule has 0 spiro atoms. The molecule has 0 aliphatic heterocycles. The van der Waals surface area contributed by atoms with Gasteiger partial charge in [-0.2, -0.15) is 0 Å². The predicted octanol–water partition coefficient (Wildman–Crippen LogP) is 1.61. The van der Waals surface area contributed by atoms with E-state index in [0.717, 1.165) is 17.5 Å². The Balaban J connectivity index is 2.51. The average molecular weight is 226 g/mol. The van der Waals surface area contributed by atoms with Gasteiger partial charge in [0.1, 0.15) is 5.54 Å². The normalized spacial score (nSPS) is 23.7. The summed E-state index contributed by atoms with van der Waals surface area (Å²) in [6, 6.07) is 5.47. The first-order valence-electron chi connectivity index (χ1n) is 4.74. The number of nitrogens with two attached hydrogens (primary N) is 1. The van der Waals surface area contributed by atoms with Crippen molar-refractivity contribution >= 4 is 17.6 Å². The van der Waals surface area contributed by atoms with Crippen LogP contribution in [0.4, 0.5) is 0 Å². The fourth-order valence-corrected chi connectivity index (χ4v) is 2.21. The van der Waals surface area contributed by atoms with Gasteiger partial charge in [0, 0.05) is 5.02 Å². The van der Waals surface area contributed by atoms with Gasteiger partial charge in [-0.05, 0) is 36.1 Å². The van der Waals surface area contributed by atoms with Gasteiger partial charge in [-0.3, -0.25) is 0 Å². The van der Waals surface area contributed by atoms with E-state index in [1.807, 2.05) is 12.1 Å². The van der Waals surface area contributed by atoms with E-state index in [-0.39, 0.29) is 0 Å². The Kier molecular flexibility index (Phi) is 2.44. The average Bonchev–Trinajstić information content (AvgIpc) is 2.57. The molecule has 0 saturated heterocycles. The van der Waals surface area contributed by atoms with Gasteiger partial charge >= 0.3 is 5.97 Å². The number of rotatable bonds is 1. The van der Waals surface area contributed by atoms with Crippen LogP contribution in [0.5, 0.6) is 0 Å². The van der Waals surface area contributed by atoms with Crippen LogP contribution in [0.25, 0.3) is 0 Å². The molecule has 0 radical (unpaired) electrons. The lowest BCUT2D eigenvalue weighted by Crippen LogP contribution is -2.43. The Morgan fingerprint density at radius 1 is 1.60 bits per heavy atom. The van der Waals surface area contributed by atoms with E-state index in [2.05, 4.69) is 0 Å². The summed E-state index contributed by atoms with van der Waals surface area (Å²) in [5.74, 6) is -0.400. The zero-order valence-corrected chi connectivity index (χ0v) is 9.17. The number of hydrogen-bond acceptors (Lipinski definition) is 3. The molecule has 1 atom stereocenters. The van der Waals surface area contributed by atoms with E-state index < -0.39 is 11.5 Å². The summed E-state index contributed by atoms with van der Waals surface area (Å²) in [7, 11) is 1.35. The van der Waals surface area contributed by atoms with E-state index >= 15 is 0 Å². The van der Waals surface area contributed by atoms with Crippen LogP contribution in [0.2, 0.25) is 5.02 Å². The van der Waals surface area contributed by atoms with Crippen molar-refractivity contribution < 1.29 is 9.53 Å². The van der Waals surface area contributed by atoms with Crippen molar-refractivity contribution in [2.24, 2.45) is 5.73 Å². The maximum atomic E-state index is 11.6. The zero-order chi connectivity index (χ0) is 11.1. The number of carbonyl (C=O) groups excluding carboxylic acids is 1. The number of methoxy groups -OCH3 is 1. The zero-order valence-electron chi connectivity index (χ0n) is 8.42. The van der Waals surface area contributed by atoms with Gasteiger partial charge < -0.3 is 10.5 Å². The third-order valence-electron chi connectivity index (χ3n) is 2.89. The molecule has 1 aromatic carbocycles. The van der Waals surface area contributed by atoms with Gasteiger partial charge in [-0.25, -0.2) is 4.79 Å². The molecule has 15 heavy (non-hydrogen) atoms. The number of fused-ring (bicyclic) bond motifs is 1. The summed E-state index contributed by atoms with van der Waals surface area (Å²) >= 11 is 5.89. The fraction of sp³-hybridized carbons (Fsp3) is 0.364. The second kappa shape index (κ2) is 3.51. The molecule has 0 amide bonds. The van der Waals surface area contributed by atoms with Gasteiger partial charge in [0.2, 0.25) is 0 Å². The van der Waals surface area contributed by atoms with Crippen LogP contribution in [0.15, 0.2) is 18.2 Å². The van der Waals surface area contributed by atoms with Crippen molar-refractivity contribution in [1.82, 2.24) is 0 Å². The van der Waals surface area contributed by atoms with Crippen LogP contribution < -0.4 is 5.73 Å². The molecule has 0 aromatic heterocycles. The molecule has 0 heterocycles. The van der Waals surface area contributed by atoms with Crippen molar-refractivity contribution in [2.75, 3.05) is 7.11 Å². The fourth-order valence-electron chi connectivity index (χ4n) is 2.04. The highest BCUT2D eigenvalue weighted by Gasteiger charge is 2.42. The van der Waals surface area contributed by atoms with Crippen LogP contribution in [-0.2, 0) is 21.5 Å². The van der Waals surface area contributed by atoms with Gasteiger partial charge in [0.15, 0.2) is 0 Å². The third kappa shape index (κ3) is 1.52. The minimum absolute atomic E-state index is 0.400. The molecule has 4 heteroatoms. The number of halogens is 1. The standard InChI is InChI=1S/C11H12ClNO2/c1-15-10(14)11(13)5-4-7-2-3-8(12)6-9(7)11/h2-3,6H,4-5,13H2,1H3. The van der Waals surface area contributed by atoms with Gasteiger partial charge in [0.05, 0.1) is 7.11 Å². The summed E-state index contributed by atoms with van der Waals surface area (Å²) in [5.41, 5.74) is 6.91. The highest BCUT2D eigenvalue weighted by Crippen LogP contribution is 2.37. The Morgan fingerprint density at radius 2 is 2.33 bits per heavy atom. The van der Waals surface area contributed by atoms with Crippen molar-refractivity contribution in [3.8, 4) is 0 Å². The van der Waals surface area contributed by atoms with Crippen molar-refractivity contribution in [2.45, 2.75) is 18.4 Å². The Hall–Kier alpha value is -1.06. The first-order valence-corrected chi connectivity index (χ1v) is 5.12. The number of ether oxygens (including phenoxy) is 1. The maximum Gasteiger partial charge on any atom is 0.330 e. The lowest BCUT2D eigenvalue weighted by atomic mass is 9.93. The molecular weight excluding hydrogens is 214 g/mol. The number of aryl methyl sites for hydroxylation is 1. The molecule has 3 nitrogen and oxygen atoms in total. The SMILES string of the molecule is COC(=O)C1(N)CCc2ccc(Cl)cc21. The van der Waals surface area contributed by atoms with Crippen LogP contribution in [0, 0.1) is 0 Å². The molecule has 0 fully saturated rings. The number of hydrogen-bond donors (Lipinski definition) is 1. The van der Waals surface area contributed by atoms with Gasteiger partial charge in [-0.1, -0.05) is 17.7 Å². The van der Waals surface area contributed by atoms with E-state index in [1.165, 1.54) is 7.11 Å².